The second kappa shape index (κ2) is 48.6. The quantitative estimate of drug-likeness (QED) is 0.0286. The summed E-state index contributed by atoms with van der Waals surface area (Å²) in [6.07, 6.45) is 3.10. The molecule has 0 radical (unpaired) electrons. The van der Waals surface area contributed by atoms with Crippen molar-refractivity contribution in [3.05, 3.63) is 0 Å². The fourth-order valence-corrected chi connectivity index (χ4v) is 11.7. The van der Waals surface area contributed by atoms with Crippen LogP contribution in [0.3, 0.4) is 0 Å². The lowest BCUT2D eigenvalue weighted by molar-refractivity contribution is 0.0599. The van der Waals surface area contributed by atoms with Gasteiger partial charge in [0, 0.05) is 83.7 Å². The number of hydrogen-bond donors (Lipinski definition) is 9. The van der Waals surface area contributed by atoms with Crippen LogP contribution in [0.5, 0.6) is 0 Å². The third-order valence-corrected chi connectivity index (χ3v) is 16.1. The van der Waals surface area contributed by atoms with Crippen LogP contribution in [0.25, 0.3) is 0 Å². The van der Waals surface area contributed by atoms with E-state index in [-0.39, 0.29) is 56.3 Å². The molecule has 0 fully saturated rings. The number of aliphatic hydroxyl groups excluding tert-OH is 4. The fraction of sp³-hybridized carbons (Fsp3) is 0.953. The molecule has 66 heavy (non-hydrogen) atoms. The van der Waals surface area contributed by atoms with Crippen molar-refractivity contribution in [2.75, 3.05) is 52.7 Å². The normalized spacial score (nSPS) is 14.0. The van der Waals surface area contributed by atoms with E-state index < -0.39 is 50.8 Å². The third kappa shape index (κ3) is 49.1. The first-order valence-electron chi connectivity index (χ1n) is 23.7. The van der Waals surface area contributed by atoms with Crippen LogP contribution < -0.4 is 10.6 Å². The number of carbonyl (C=O) groups excluding carboxylic acids is 2. The highest BCUT2D eigenvalue weighted by atomic mass is 28.4. The predicted octanol–water partition coefficient (Wildman–Crippen LogP) is 5.44. The SMILES string of the molecule is C.CCC(O)CC(C)O.CCC(O)CC(C)OC(=O)NCCC[Si](O)(O)O.CCCC[Si](OCC)(OCC)OCC.CCO[Si](CCCNC(=O)OC(C)CC(O)CC)(OCC)OCC.O. The molecule has 6 atom stereocenters. The number of nitrogens with one attached hydrogen (secondary N) is 2. The Morgan fingerprint density at radius 1 is 0.485 bits per heavy atom. The first kappa shape index (κ1) is 76.1. The van der Waals surface area contributed by atoms with Crippen molar-refractivity contribution in [2.24, 2.45) is 0 Å². The van der Waals surface area contributed by atoms with Crippen molar-refractivity contribution in [1.29, 1.82) is 0 Å². The van der Waals surface area contributed by atoms with Gasteiger partial charge < -0.3 is 87.0 Å². The lowest BCUT2D eigenvalue weighted by atomic mass is 10.1. The van der Waals surface area contributed by atoms with Crippen LogP contribution in [0, 0.1) is 0 Å². The molecule has 0 bridgehead atoms. The minimum atomic E-state index is -4.01. The largest absolute Gasteiger partial charge is 0.500 e. The highest BCUT2D eigenvalue weighted by Crippen LogP contribution is 2.20. The summed E-state index contributed by atoms with van der Waals surface area (Å²) < 4.78 is 44.6. The maximum Gasteiger partial charge on any atom is 0.500 e. The summed E-state index contributed by atoms with van der Waals surface area (Å²) in [6.45, 7) is 29.0. The average molecular weight is 1020 g/mol. The Labute approximate surface area is 403 Å². The number of unbranched alkanes of at least 4 members (excludes halogenated alkanes) is 1. The van der Waals surface area contributed by atoms with Gasteiger partial charge in [-0.25, -0.2) is 9.59 Å². The summed E-state index contributed by atoms with van der Waals surface area (Å²) in [5.74, 6) is 0. The zero-order valence-corrected chi connectivity index (χ0v) is 45.5. The molecule has 0 spiro atoms. The number of rotatable bonds is 34. The number of alkyl carbamates (subject to hydrolysis) is 2. The van der Waals surface area contributed by atoms with E-state index in [1.165, 1.54) is 0 Å². The minimum Gasteiger partial charge on any atom is -0.446 e. The Kier molecular flexibility index (Phi) is 56.1. The Hall–Kier alpha value is -1.37. The first-order valence-corrected chi connectivity index (χ1v) is 29.6. The molecule has 2 amide bonds. The van der Waals surface area contributed by atoms with Gasteiger partial charge in [-0.15, -0.1) is 0 Å². The summed E-state index contributed by atoms with van der Waals surface area (Å²) in [7, 11) is -8.98. The van der Waals surface area contributed by atoms with Crippen molar-refractivity contribution >= 4 is 38.6 Å². The van der Waals surface area contributed by atoms with Gasteiger partial charge in [0.25, 0.3) is 0 Å². The topological polar surface area (TPSA) is 305 Å². The average Bonchev–Trinajstić information content (AvgIpc) is 3.21. The fourth-order valence-electron chi connectivity index (χ4n) is 5.61. The van der Waals surface area contributed by atoms with E-state index in [0.717, 1.165) is 25.3 Å². The second-order valence-corrected chi connectivity index (χ2v) is 22.6. The van der Waals surface area contributed by atoms with Crippen molar-refractivity contribution in [3.8, 4) is 0 Å². The number of ether oxygens (including phenoxy) is 2. The van der Waals surface area contributed by atoms with Gasteiger partial charge in [0.1, 0.15) is 12.2 Å². The molecule has 0 heterocycles. The lowest BCUT2D eigenvalue weighted by Gasteiger charge is -2.28. The van der Waals surface area contributed by atoms with Gasteiger partial charge in [-0.05, 0) is 107 Å². The molecule has 20 nitrogen and oxygen atoms in total. The third-order valence-electron chi connectivity index (χ3n) is 8.76. The molecule has 0 saturated carbocycles. The highest BCUT2D eigenvalue weighted by molar-refractivity contribution is 6.61. The molecular formula is C43H102N2O18Si3. The summed E-state index contributed by atoms with van der Waals surface area (Å²) in [5, 5.41) is 41.6. The summed E-state index contributed by atoms with van der Waals surface area (Å²) in [5.41, 5.74) is 0. The number of carbonyl (C=O) groups is 2. The standard InChI is InChI=1S/C16H35NO6Si.C10H23NO6Si.C10H24O3Si.C6H14O2.CH4.H2O/c1-6-15(18)13-14(5)23-16(19)17-11-10-12-24(20-7-2,21-8-3)22-9-4;1-3-9(12)7-8(2)17-10(13)11-5-4-6-18(14,15)16;1-5-9-10-14(11-6-2,12-7-3)13-8-4;1-3-6(8)4-5(2)7;;/h14-15,18H,6-13H2,1-5H3,(H,17,19);8-9,12,14-16H,3-7H2,1-2H3,(H,11,13);5-10H2,1-4H3;5-8H,3-4H2,1-2H3;1H4;1H2. The molecule has 404 valence electrons. The molecule has 0 aromatic rings. The molecule has 0 aromatic carbocycles. The van der Waals surface area contributed by atoms with Gasteiger partial charge in [-0.1, -0.05) is 41.5 Å². The van der Waals surface area contributed by atoms with Crippen LogP contribution in [0.2, 0.25) is 18.1 Å². The van der Waals surface area contributed by atoms with Gasteiger partial charge in [-0.3, -0.25) is 0 Å². The van der Waals surface area contributed by atoms with Gasteiger partial charge >= 0.3 is 38.6 Å². The van der Waals surface area contributed by atoms with E-state index in [4.69, 9.17) is 60.6 Å². The van der Waals surface area contributed by atoms with Crippen LogP contribution in [0.1, 0.15) is 162 Å². The molecule has 0 aliphatic carbocycles. The van der Waals surface area contributed by atoms with Crippen molar-refractivity contribution in [3.63, 3.8) is 0 Å². The summed E-state index contributed by atoms with van der Waals surface area (Å²) in [4.78, 5) is 49.2. The molecule has 23 heteroatoms. The van der Waals surface area contributed by atoms with Crippen molar-refractivity contribution in [2.45, 2.75) is 216 Å². The Morgan fingerprint density at radius 2 is 0.773 bits per heavy atom. The van der Waals surface area contributed by atoms with E-state index in [9.17, 15) is 19.8 Å². The van der Waals surface area contributed by atoms with Gasteiger partial charge in [-0.2, -0.15) is 0 Å². The number of hydrogen-bond acceptors (Lipinski definition) is 17. The molecule has 0 aliphatic rings. The van der Waals surface area contributed by atoms with Gasteiger partial charge in [0.05, 0.1) is 24.4 Å². The van der Waals surface area contributed by atoms with Crippen LogP contribution in [0.15, 0.2) is 0 Å². The maximum atomic E-state index is 11.7. The second-order valence-electron chi connectivity index (χ2n) is 15.1. The number of amides is 2. The molecule has 11 N–H and O–H groups in total. The smallest absolute Gasteiger partial charge is 0.446 e. The van der Waals surface area contributed by atoms with E-state index >= 15 is 0 Å². The molecule has 0 aliphatic heterocycles. The van der Waals surface area contributed by atoms with E-state index in [1.807, 2.05) is 62.3 Å². The minimum absolute atomic E-state index is 0. The molecule has 0 saturated heterocycles. The molecular weight excluding hydrogens is 917 g/mol. The van der Waals surface area contributed by atoms with Gasteiger partial charge in [0.2, 0.25) is 0 Å². The van der Waals surface area contributed by atoms with Gasteiger partial charge in [0.15, 0.2) is 0 Å². The number of aliphatic hydroxyl groups is 4. The molecule has 0 aromatic heterocycles. The van der Waals surface area contributed by atoms with E-state index in [2.05, 4.69) is 17.6 Å². The Morgan fingerprint density at radius 3 is 1.02 bits per heavy atom. The monoisotopic (exact) mass is 1020 g/mol. The first-order chi connectivity index (χ1) is 30.1. The van der Waals surface area contributed by atoms with Crippen LogP contribution in [0.4, 0.5) is 9.59 Å². The van der Waals surface area contributed by atoms with E-state index in [1.54, 1.807) is 20.8 Å². The van der Waals surface area contributed by atoms with Crippen molar-refractivity contribution < 1.29 is 85.9 Å². The van der Waals surface area contributed by atoms with Crippen LogP contribution in [-0.2, 0) is 36.0 Å². The zero-order valence-electron chi connectivity index (χ0n) is 42.5. The maximum absolute atomic E-state index is 11.7. The molecule has 0 rings (SSSR count). The van der Waals surface area contributed by atoms with E-state index in [0.29, 0.717) is 90.8 Å². The van der Waals surface area contributed by atoms with Crippen LogP contribution >= 0.6 is 0 Å². The predicted molar refractivity (Wildman–Crippen MR) is 265 cm³/mol. The highest BCUT2D eigenvalue weighted by Gasteiger charge is 2.40. The van der Waals surface area contributed by atoms with Crippen molar-refractivity contribution in [1.82, 2.24) is 10.6 Å². The Bertz CT molecular complexity index is 1020. The molecule has 6 unspecified atom stereocenters. The summed E-state index contributed by atoms with van der Waals surface area (Å²) in [6, 6.07) is 1.46. The van der Waals surface area contributed by atoms with Crippen LogP contribution in [-0.4, -0.2) is 168 Å². The Balaban J connectivity index is -0.000000191. The lowest BCUT2D eigenvalue weighted by Crippen LogP contribution is -2.46. The zero-order chi connectivity index (χ0) is 50.0. The summed E-state index contributed by atoms with van der Waals surface area (Å²) >= 11 is 0.